The molecule has 0 fully saturated rings. The van der Waals surface area contributed by atoms with Gasteiger partial charge in [-0.2, -0.15) is 11.3 Å². The van der Waals surface area contributed by atoms with Crippen LogP contribution in [0.1, 0.15) is 28.7 Å². The van der Waals surface area contributed by atoms with E-state index >= 15 is 0 Å². The smallest absolute Gasteiger partial charge is 0.270 e. The molecule has 3 heterocycles. The summed E-state index contributed by atoms with van der Waals surface area (Å²) >= 11 is 5.00. The van der Waals surface area contributed by atoms with Crippen LogP contribution in [0.3, 0.4) is 0 Å². The number of carbonyl (C=O) groups excluding carboxylic acids is 1. The minimum atomic E-state index is 0.0682. The Balaban J connectivity index is 1.72. The monoisotopic (exact) mass is 386 g/mol. The Morgan fingerprint density at radius 3 is 2.92 bits per heavy atom. The van der Waals surface area contributed by atoms with E-state index in [0.717, 1.165) is 39.8 Å². The predicted molar refractivity (Wildman–Crippen MR) is 108 cm³/mol. The van der Waals surface area contributed by atoms with Gasteiger partial charge in [0.25, 0.3) is 5.91 Å². The molecule has 0 saturated heterocycles. The van der Waals surface area contributed by atoms with Crippen molar-refractivity contribution in [1.29, 1.82) is 0 Å². The second-order valence-electron chi connectivity index (χ2n) is 6.09. The van der Waals surface area contributed by atoms with Crippen molar-refractivity contribution in [2.45, 2.75) is 30.4 Å². The number of aryl methyl sites for hydroxylation is 1. The number of amides is 1. The highest BCUT2D eigenvalue weighted by Crippen LogP contribution is 2.39. The predicted octanol–water partition coefficient (Wildman–Crippen LogP) is 5.71. The van der Waals surface area contributed by atoms with Crippen molar-refractivity contribution in [3.8, 4) is 10.6 Å². The molecule has 2 aromatic heterocycles. The van der Waals surface area contributed by atoms with Crippen molar-refractivity contribution >= 4 is 46.0 Å². The zero-order valence-corrected chi connectivity index (χ0v) is 16.5. The van der Waals surface area contributed by atoms with E-state index in [0.29, 0.717) is 5.25 Å². The van der Waals surface area contributed by atoms with E-state index in [4.69, 9.17) is 0 Å². The van der Waals surface area contributed by atoms with Gasteiger partial charge >= 0.3 is 0 Å². The van der Waals surface area contributed by atoms with Crippen molar-refractivity contribution in [2.24, 2.45) is 0 Å². The summed E-state index contributed by atoms with van der Waals surface area (Å²) in [5.74, 6) is 0.0682. The van der Waals surface area contributed by atoms with E-state index in [1.807, 2.05) is 41.1 Å². The van der Waals surface area contributed by atoms with Crippen molar-refractivity contribution in [2.75, 3.05) is 11.4 Å². The molecule has 1 atom stereocenters. The second kappa shape index (κ2) is 6.94. The molecular weight excluding hydrogens is 368 g/mol. The summed E-state index contributed by atoms with van der Waals surface area (Å²) in [5.41, 5.74) is 2.93. The van der Waals surface area contributed by atoms with Crippen LogP contribution >= 0.6 is 34.4 Å². The normalized spacial score (nSPS) is 17.2. The van der Waals surface area contributed by atoms with E-state index in [9.17, 15) is 4.79 Å². The fourth-order valence-electron chi connectivity index (χ4n) is 2.92. The Kier molecular flexibility index (Phi) is 4.67. The second-order valence-corrected chi connectivity index (χ2v) is 9.35. The zero-order valence-electron chi connectivity index (χ0n) is 14.1. The first-order valence-electron chi connectivity index (χ1n) is 8.21. The number of nitrogens with zero attached hydrogens (tertiary/aromatic N) is 2. The number of thioether (sulfide) groups is 1. The van der Waals surface area contributed by atoms with E-state index in [2.05, 4.69) is 35.5 Å². The molecule has 25 heavy (non-hydrogen) atoms. The van der Waals surface area contributed by atoms with Crippen molar-refractivity contribution in [3.63, 3.8) is 0 Å². The Morgan fingerprint density at radius 1 is 1.28 bits per heavy atom. The van der Waals surface area contributed by atoms with Crippen LogP contribution in [0.2, 0.25) is 0 Å². The number of aromatic nitrogens is 1. The first-order chi connectivity index (χ1) is 12.1. The number of benzene rings is 1. The van der Waals surface area contributed by atoms with Crippen LogP contribution in [0.15, 0.2) is 46.0 Å². The lowest BCUT2D eigenvalue weighted by atomic mass is 10.2. The highest BCUT2D eigenvalue weighted by Gasteiger charge is 2.27. The highest BCUT2D eigenvalue weighted by molar-refractivity contribution is 8.00. The topological polar surface area (TPSA) is 33.2 Å². The first-order valence-corrected chi connectivity index (χ1v) is 10.8. The number of rotatable bonds is 2. The zero-order chi connectivity index (χ0) is 17.4. The molecule has 1 amide bonds. The molecule has 0 saturated carbocycles. The van der Waals surface area contributed by atoms with Gasteiger partial charge in [-0.25, -0.2) is 4.98 Å². The van der Waals surface area contributed by atoms with E-state index in [1.165, 1.54) is 16.2 Å². The number of fused-ring (bicyclic) bond motifs is 1. The van der Waals surface area contributed by atoms with Crippen LogP contribution in [-0.2, 0) is 0 Å². The van der Waals surface area contributed by atoms with Gasteiger partial charge in [0.2, 0.25) is 0 Å². The Hall–Kier alpha value is -1.63. The maximum atomic E-state index is 13.3. The molecule has 0 bridgehead atoms. The minimum Gasteiger partial charge on any atom is -0.306 e. The van der Waals surface area contributed by atoms with Crippen molar-refractivity contribution in [1.82, 2.24) is 4.98 Å². The summed E-state index contributed by atoms with van der Waals surface area (Å²) in [7, 11) is 0. The summed E-state index contributed by atoms with van der Waals surface area (Å²) in [6, 6.07) is 10.3. The fraction of sp³-hybridized carbons (Fsp3) is 0.263. The number of thiophene rings is 1. The average Bonchev–Trinajstić information content (AvgIpc) is 3.22. The Labute approximate surface area is 159 Å². The first kappa shape index (κ1) is 16.8. The van der Waals surface area contributed by atoms with Crippen molar-refractivity contribution < 1.29 is 4.79 Å². The summed E-state index contributed by atoms with van der Waals surface area (Å²) < 4.78 is 0. The minimum absolute atomic E-state index is 0.0682. The molecule has 1 aliphatic heterocycles. The third-order valence-electron chi connectivity index (χ3n) is 4.25. The van der Waals surface area contributed by atoms with Crippen LogP contribution in [0.4, 0.5) is 5.69 Å². The SMILES string of the molecule is Cc1nc(-c2ccsc2)sc1C(=O)N1CC[C@H](C)Sc2ccccc21. The lowest BCUT2D eigenvalue weighted by Crippen LogP contribution is -2.32. The molecule has 0 spiro atoms. The van der Waals surface area contributed by atoms with E-state index in [1.54, 1.807) is 11.3 Å². The molecule has 4 rings (SSSR count). The van der Waals surface area contributed by atoms with Gasteiger partial charge in [-0.1, -0.05) is 19.1 Å². The fourth-order valence-corrected chi connectivity index (χ4v) is 5.76. The van der Waals surface area contributed by atoms with Crippen molar-refractivity contribution in [3.05, 3.63) is 51.7 Å². The van der Waals surface area contributed by atoms with Crippen LogP contribution in [-0.4, -0.2) is 22.7 Å². The molecule has 0 aliphatic carbocycles. The Bertz CT molecular complexity index is 901. The van der Waals surface area contributed by atoms with Crippen LogP contribution in [0, 0.1) is 6.92 Å². The molecule has 0 N–H and O–H groups in total. The molecule has 0 radical (unpaired) electrons. The largest absolute Gasteiger partial charge is 0.306 e. The van der Waals surface area contributed by atoms with Gasteiger partial charge in [0, 0.05) is 27.6 Å². The molecule has 3 aromatic rings. The van der Waals surface area contributed by atoms with Gasteiger partial charge < -0.3 is 4.90 Å². The number of hydrogen-bond donors (Lipinski definition) is 0. The highest BCUT2D eigenvalue weighted by atomic mass is 32.2. The summed E-state index contributed by atoms with van der Waals surface area (Å²) in [6.45, 7) is 4.90. The van der Waals surface area contributed by atoms with E-state index in [-0.39, 0.29) is 5.91 Å². The van der Waals surface area contributed by atoms with Gasteiger partial charge in [0.05, 0.1) is 11.4 Å². The quantitative estimate of drug-likeness (QED) is 0.565. The molecule has 0 unspecified atom stereocenters. The maximum Gasteiger partial charge on any atom is 0.270 e. The standard InChI is InChI=1S/C19H18N2OS3/c1-12-7-9-21(15-5-3-4-6-16(15)24-12)19(22)17-13(2)20-18(25-17)14-8-10-23-11-14/h3-6,8,10-12H,7,9H2,1-2H3/t12-/m0/s1. The van der Waals surface area contributed by atoms with Gasteiger partial charge in [-0.15, -0.1) is 23.1 Å². The molecule has 1 aromatic carbocycles. The van der Waals surface area contributed by atoms with Gasteiger partial charge in [-0.3, -0.25) is 4.79 Å². The Morgan fingerprint density at radius 2 is 2.12 bits per heavy atom. The van der Waals surface area contributed by atoms with Gasteiger partial charge in [0.1, 0.15) is 9.88 Å². The number of para-hydroxylation sites is 1. The summed E-state index contributed by atoms with van der Waals surface area (Å²) in [4.78, 5) is 21.8. The number of thiazole rings is 1. The van der Waals surface area contributed by atoms with Crippen LogP contribution in [0.5, 0.6) is 0 Å². The summed E-state index contributed by atoms with van der Waals surface area (Å²) in [6.07, 6.45) is 0.986. The lowest BCUT2D eigenvalue weighted by Gasteiger charge is -2.22. The summed E-state index contributed by atoms with van der Waals surface area (Å²) in [5, 5.41) is 5.54. The van der Waals surface area contributed by atoms with Crippen LogP contribution in [0.25, 0.3) is 10.6 Å². The molecular formula is C19H18N2OS3. The molecule has 6 heteroatoms. The number of hydrogen-bond acceptors (Lipinski definition) is 5. The average molecular weight is 387 g/mol. The van der Waals surface area contributed by atoms with Crippen LogP contribution < -0.4 is 4.90 Å². The maximum absolute atomic E-state index is 13.3. The molecule has 1 aliphatic rings. The van der Waals surface area contributed by atoms with Gasteiger partial charge in [-0.05, 0) is 36.9 Å². The third kappa shape index (κ3) is 3.26. The third-order valence-corrected chi connectivity index (χ3v) is 7.36. The lowest BCUT2D eigenvalue weighted by molar-refractivity contribution is 0.0989. The molecule has 128 valence electrons. The number of carbonyl (C=O) groups is 1. The van der Waals surface area contributed by atoms with E-state index < -0.39 is 0 Å². The molecule has 3 nitrogen and oxygen atoms in total. The van der Waals surface area contributed by atoms with Gasteiger partial charge in [0.15, 0.2) is 0 Å². The number of anilines is 1.